The summed E-state index contributed by atoms with van der Waals surface area (Å²) in [7, 11) is 0. The maximum absolute atomic E-state index is 13.2. The normalized spacial score (nSPS) is 17.2. The van der Waals surface area contributed by atoms with E-state index in [-0.39, 0.29) is 6.61 Å². The van der Waals surface area contributed by atoms with Gasteiger partial charge in [0.1, 0.15) is 11.8 Å². The zero-order chi connectivity index (χ0) is 18.4. The molecule has 0 bridgehead atoms. The Morgan fingerprint density at radius 2 is 1.96 bits per heavy atom. The first kappa shape index (κ1) is 19.5. The Balaban J connectivity index is 1.84. The third kappa shape index (κ3) is 5.89. The van der Waals surface area contributed by atoms with Crippen molar-refractivity contribution in [1.29, 1.82) is 0 Å². The fourth-order valence-electron chi connectivity index (χ4n) is 2.66. The summed E-state index contributed by atoms with van der Waals surface area (Å²) in [4.78, 5) is 13.2. The van der Waals surface area contributed by atoms with E-state index >= 15 is 0 Å². The summed E-state index contributed by atoms with van der Waals surface area (Å²) in [6, 6.07) is 3.71. The van der Waals surface area contributed by atoms with Crippen LogP contribution in [-0.4, -0.2) is 62.4 Å². The first-order valence-electron chi connectivity index (χ1n) is 8.25. The third-order valence-electron chi connectivity index (χ3n) is 4.31. The lowest BCUT2D eigenvalue weighted by molar-refractivity contribution is -0.184. The van der Waals surface area contributed by atoms with Crippen molar-refractivity contribution in [1.82, 2.24) is 15.5 Å². The molecule has 1 atom stereocenters. The molecule has 1 fully saturated rings. The van der Waals surface area contributed by atoms with Crippen molar-refractivity contribution >= 4 is 5.91 Å². The van der Waals surface area contributed by atoms with Crippen LogP contribution in [0.5, 0.6) is 5.75 Å². The highest BCUT2D eigenvalue weighted by Gasteiger charge is 2.43. The molecule has 8 heteroatoms. The highest BCUT2D eigenvalue weighted by Crippen LogP contribution is 2.24. The zero-order valence-corrected chi connectivity index (χ0v) is 14.4. The molecule has 1 saturated heterocycles. The number of amides is 1. The Morgan fingerprint density at radius 3 is 2.56 bits per heavy atom. The highest BCUT2D eigenvalue weighted by molar-refractivity contribution is 5.77. The number of aryl methyl sites for hydroxylation is 2. The molecule has 0 saturated carbocycles. The lowest BCUT2D eigenvalue weighted by Crippen LogP contribution is -2.57. The first-order valence-corrected chi connectivity index (χ1v) is 8.25. The summed E-state index contributed by atoms with van der Waals surface area (Å²) in [5.74, 6) is -0.0460. The number of benzene rings is 1. The van der Waals surface area contributed by atoms with Crippen LogP contribution in [0.1, 0.15) is 11.1 Å². The second kappa shape index (κ2) is 8.53. The third-order valence-corrected chi connectivity index (χ3v) is 4.31. The van der Waals surface area contributed by atoms with Crippen molar-refractivity contribution in [2.45, 2.75) is 26.1 Å². The molecular weight excluding hydrogens is 335 g/mol. The van der Waals surface area contributed by atoms with Crippen molar-refractivity contribution in [3.8, 4) is 5.75 Å². The van der Waals surface area contributed by atoms with E-state index in [9.17, 15) is 18.0 Å². The molecular formula is C17H24F3N3O2. The topological polar surface area (TPSA) is 53.6 Å². The monoisotopic (exact) mass is 359 g/mol. The molecule has 1 unspecified atom stereocenters. The molecule has 5 nitrogen and oxygen atoms in total. The number of rotatable bonds is 6. The number of carbonyl (C=O) groups is 1. The van der Waals surface area contributed by atoms with E-state index in [0.717, 1.165) is 11.1 Å². The lowest BCUT2D eigenvalue weighted by atomic mass is 10.1. The predicted molar refractivity (Wildman–Crippen MR) is 88.7 cm³/mol. The molecule has 25 heavy (non-hydrogen) atoms. The number of nitrogens with one attached hydrogen (secondary N) is 2. The molecule has 2 rings (SSSR count). The summed E-state index contributed by atoms with van der Waals surface area (Å²) in [5, 5.41) is 5.35. The van der Waals surface area contributed by atoms with Crippen LogP contribution in [0.15, 0.2) is 18.2 Å². The summed E-state index contributed by atoms with van der Waals surface area (Å²) >= 11 is 0. The lowest BCUT2D eigenvalue weighted by Gasteiger charge is -2.35. The van der Waals surface area contributed by atoms with Gasteiger partial charge in [0.25, 0.3) is 5.91 Å². The molecule has 1 aliphatic heterocycles. The number of hydrogen-bond donors (Lipinski definition) is 2. The number of hydrogen-bond acceptors (Lipinski definition) is 4. The van der Waals surface area contributed by atoms with Crippen LogP contribution < -0.4 is 15.4 Å². The number of piperazine rings is 1. The Labute approximate surface area is 145 Å². The van der Waals surface area contributed by atoms with Crippen LogP contribution in [0.3, 0.4) is 0 Å². The fourth-order valence-corrected chi connectivity index (χ4v) is 2.66. The van der Waals surface area contributed by atoms with Gasteiger partial charge >= 0.3 is 6.18 Å². The molecule has 1 heterocycles. The molecule has 1 aliphatic rings. The first-order chi connectivity index (χ1) is 11.8. The van der Waals surface area contributed by atoms with E-state index in [0.29, 0.717) is 31.9 Å². The zero-order valence-electron chi connectivity index (χ0n) is 14.4. The average molecular weight is 359 g/mol. The van der Waals surface area contributed by atoms with Gasteiger partial charge in [0.05, 0.1) is 0 Å². The highest BCUT2D eigenvalue weighted by atomic mass is 19.4. The number of nitrogens with zero attached hydrogens (tertiary/aromatic N) is 1. The standard InChI is InChI=1S/C17H24F3N3O2/c1-12-3-4-14(9-13(12)2)25-11-16(24)22-10-15(17(18,19)20)23-7-5-21-6-8-23/h3-4,9,15,21H,5-8,10-11H2,1-2H3,(H,22,24). The molecule has 140 valence electrons. The predicted octanol–water partition coefficient (Wildman–Crippen LogP) is 1.63. The number of alkyl halides is 3. The van der Waals surface area contributed by atoms with Crippen molar-refractivity contribution in [3.63, 3.8) is 0 Å². The van der Waals surface area contributed by atoms with Gasteiger partial charge in [-0.05, 0) is 37.1 Å². The van der Waals surface area contributed by atoms with E-state index in [2.05, 4.69) is 10.6 Å². The van der Waals surface area contributed by atoms with Crippen molar-refractivity contribution in [2.75, 3.05) is 39.3 Å². The molecule has 0 aliphatic carbocycles. The van der Waals surface area contributed by atoms with E-state index < -0.39 is 24.7 Å². The second-order valence-corrected chi connectivity index (χ2v) is 6.18. The van der Waals surface area contributed by atoms with E-state index in [1.165, 1.54) is 4.90 Å². The maximum atomic E-state index is 13.2. The molecule has 0 spiro atoms. The van der Waals surface area contributed by atoms with Crippen LogP contribution in [0.25, 0.3) is 0 Å². The van der Waals surface area contributed by atoms with Gasteiger partial charge in [0.2, 0.25) is 0 Å². The minimum absolute atomic E-state index is 0.305. The second-order valence-electron chi connectivity index (χ2n) is 6.18. The minimum Gasteiger partial charge on any atom is -0.484 e. The van der Waals surface area contributed by atoms with Crippen molar-refractivity contribution < 1.29 is 22.7 Å². The summed E-state index contributed by atoms with van der Waals surface area (Å²) in [6.07, 6.45) is -4.39. The van der Waals surface area contributed by atoms with Crippen LogP contribution in [0, 0.1) is 13.8 Å². The van der Waals surface area contributed by atoms with E-state index in [1.54, 1.807) is 12.1 Å². The summed E-state index contributed by atoms with van der Waals surface area (Å²) in [5.41, 5.74) is 2.12. The molecule has 1 aromatic rings. The van der Waals surface area contributed by atoms with Gasteiger partial charge in [0, 0.05) is 32.7 Å². The van der Waals surface area contributed by atoms with Gasteiger partial charge in [-0.15, -0.1) is 0 Å². The molecule has 1 amide bonds. The van der Waals surface area contributed by atoms with Gasteiger partial charge in [-0.2, -0.15) is 13.2 Å². The fraction of sp³-hybridized carbons (Fsp3) is 0.588. The van der Waals surface area contributed by atoms with Gasteiger partial charge in [-0.1, -0.05) is 6.07 Å². The molecule has 0 aromatic heterocycles. The summed E-state index contributed by atoms with van der Waals surface area (Å²) in [6.45, 7) is 4.72. The maximum Gasteiger partial charge on any atom is 0.405 e. The SMILES string of the molecule is Cc1ccc(OCC(=O)NCC(N2CCNCC2)C(F)(F)F)cc1C. The number of ether oxygens (including phenoxy) is 1. The van der Waals surface area contributed by atoms with Crippen molar-refractivity contribution in [3.05, 3.63) is 29.3 Å². The average Bonchev–Trinajstić information content (AvgIpc) is 2.56. The minimum atomic E-state index is -4.39. The van der Waals surface area contributed by atoms with E-state index in [4.69, 9.17) is 4.74 Å². The smallest absolute Gasteiger partial charge is 0.405 e. The molecule has 0 radical (unpaired) electrons. The quantitative estimate of drug-likeness (QED) is 0.811. The van der Waals surface area contributed by atoms with Gasteiger partial charge in [-0.25, -0.2) is 0 Å². The molecule has 1 aromatic carbocycles. The Morgan fingerprint density at radius 1 is 1.28 bits per heavy atom. The Kier molecular flexibility index (Phi) is 6.66. The van der Waals surface area contributed by atoms with Crippen LogP contribution in [0.2, 0.25) is 0 Å². The number of halogens is 3. The Hall–Kier alpha value is -1.80. The van der Waals surface area contributed by atoms with E-state index in [1.807, 2.05) is 19.9 Å². The summed E-state index contributed by atoms with van der Waals surface area (Å²) < 4.78 is 45.1. The Bertz CT molecular complexity index is 587. The van der Waals surface area contributed by atoms with Gasteiger partial charge < -0.3 is 15.4 Å². The molecule has 2 N–H and O–H groups in total. The van der Waals surface area contributed by atoms with Gasteiger partial charge in [-0.3, -0.25) is 9.69 Å². The largest absolute Gasteiger partial charge is 0.484 e. The van der Waals surface area contributed by atoms with Crippen LogP contribution in [0.4, 0.5) is 13.2 Å². The van der Waals surface area contributed by atoms with Crippen LogP contribution in [-0.2, 0) is 4.79 Å². The van der Waals surface area contributed by atoms with Crippen molar-refractivity contribution in [2.24, 2.45) is 0 Å². The van der Waals surface area contributed by atoms with Crippen LogP contribution >= 0.6 is 0 Å². The van der Waals surface area contributed by atoms with Gasteiger partial charge in [0.15, 0.2) is 6.61 Å². The number of carbonyl (C=O) groups excluding carboxylic acids is 1.